The number of hydrogen-bond donors (Lipinski definition) is 3. The lowest BCUT2D eigenvalue weighted by molar-refractivity contribution is -0.139. The van der Waals surface area contributed by atoms with Crippen LogP contribution < -0.4 is 16.1 Å². The number of hydrogen-bond acceptors (Lipinski definition) is 5. The molecule has 150 valence electrons. The number of hydrazine groups is 1. The largest absolute Gasteiger partial charge is 0.344 e. The Morgan fingerprint density at radius 3 is 2.46 bits per heavy atom. The Morgan fingerprint density at radius 2 is 1.86 bits per heavy atom. The number of amides is 5. The fourth-order valence-corrected chi connectivity index (χ4v) is 4.15. The summed E-state index contributed by atoms with van der Waals surface area (Å²) in [6.07, 6.45) is 2.94. The zero-order chi connectivity index (χ0) is 20.3. The minimum Gasteiger partial charge on any atom is -0.326 e. The van der Waals surface area contributed by atoms with Gasteiger partial charge in [0.2, 0.25) is 11.8 Å². The number of nitrogens with zero attached hydrogens (tertiary/aromatic N) is 1. The SMILES string of the molecule is CC(=O)Nc1ccc(SCC(=O)NN2C(=O)NC3(CCC(C)CC3)C2=O)cc1. The maximum Gasteiger partial charge on any atom is 0.344 e. The molecule has 5 amide bonds. The molecule has 3 rings (SSSR count). The Bertz CT molecular complexity index is 788. The molecular formula is C19H24N4O4S. The summed E-state index contributed by atoms with van der Waals surface area (Å²) >= 11 is 1.27. The Kier molecular flexibility index (Phi) is 5.93. The first-order chi connectivity index (χ1) is 13.3. The van der Waals surface area contributed by atoms with Gasteiger partial charge in [0.1, 0.15) is 5.54 Å². The van der Waals surface area contributed by atoms with Crippen LogP contribution in [0.3, 0.4) is 0 Å². The Hall–Kier alpha value is -2.55. The molecule has 0 aromatic heterocycles. The molecule has 0 atom stereocenters. The van der Waals surface area contributed by atoms with Crippen molar-refractivity contribution in [2.24, 2.45) is 5.92 Å². The van der Waals surface area contributed by atoms with Crippen molar-refractivity contribution in [1.82, 2.24) is 15.8 Å². The third-order valence-corrected chi connectivity index (χ3v) is 6.08. The predicted molar refractivity (Wildman–Crippen MR) is 105 cm³/mol. The number of thioether (sulfide) groups is 1. The zero-order valence-electron chi connectivity index (χ0n) is 15.9. The first-order valence-electron chi connectivity index (χ1n) is 9.26. The first kappa shape index (κ1) is 20.2. The molecule has 28 heavy (non-hydrogen) atoms. The molecule has 0 radical (unpaired) electrons. The number of carbonyl (C=O) groups is 4. The van der Waals surface area contributed by atoms with Crippen LogP contribution in [0, 0.1) is 5.92 Å². The van der Waals surface area contributed by atoms with E-state index in [0.29, 0.717) is 24.4 Å². The molecule has 1 aromatic carbocycles. The van der Waals surface area contributed by atoms with Crippen molar-refractivity contribution < 1.29 is 19.2 Å². The van der Waals surface area contributed by atoms with Crippen molar-refractivity contribution in [1.29, 1.82) is 0 Å². The number of anilines is 1. The van der Waals surface area contributed by atoms with Crippen LogP contribution in [-0.4, -0.2) is 40.1 Å². The first-order valence-corrected chi connectivity index (χ1v) is 10.2. The smallest absolute Gasteiger partial charge is 0.326 e. The molecule has 8 nitrogen and oxygen atoms in total. The quantitative estimate of drug-likeness (QED) is 0.515. The van der Waals surface area contributed by atoms with Gasteiger partial charge in [0.05, 0.1) is 5.75 Å². The molecule has 1 aliphatic carbocycles. The second-order valence-electron chi connectivity index (χ2n) is 7.36. The Balaban J connectivity index is 1.52. The van der Waals surface area contributed by atoms with E-state index < -0.39 is 17.5 Å². The monoisotopic (exact) mass is 404 g/mol. The van der Waals surface area contributed by atoms with E-state index >= 15 is 0 Å². The van der Waals surface area contributed by atoms with Crippen LogP contribution >= 0.6 is 11.8 Å². The minimum absolute atomic E-state index is 0.0561. The average molecular weight is 404 g/mol. The lowest BCUT2D eigenvalue weighted by Gasteiger charge is -2.33. The van der Waals surface area contributed by atoms with Crippen LogP contribution in [-0.2, 0) is 14.4 Å². The van der Waals surface area contributed by atoms with E-state index in [9.17, 15) is 19.2 Å². The van der Waals surface area contributed by atoms with Gasteiger partial charge >= 0.3 is 6.03 Å². The molecule has 1 aromatic rings. The van der Waals surface area contributed by atoms with Crippen LogP contribution in [0.15, 0.2) is 29.2 Å². The van der Waals surface area contributed by atoms with Gasteiger partial charge in [-0.3, -0.25) is 19.8 Å². The van der Waals surface area contributed by atoms with Gasteiger partial charge < -0.3 is 10.6 Å². The molecular weight excluding hydrogens is 380 g/mol. The van der Waals surface area contributed by atoms with Crippen LogP contribution in [0.4, 0.5) is 10.5 Å². The summed E-state index contributed by atoms with van der Waals surface area (Å²) in [4.78, 5) is 49.0. The summed E-state index contributed by atoms with van der Waals surface area (Å²) in [5, 5.41) is 6.26. The highest BCUT2D eigenvalue weighted by Gasteiger charge is 2.52. The highest BCUT2D eigenvalue weighted by molar-refractivity contribution is 8.00. The topological polar surface area (TPSA) is 108 Å². The molecule has 0 bridgehead atoms. The van der Waals surface area contributed by atoms with Crippen LogP contribution in [0.1, 0.15) is 39.5 Å². The summed E-state index contributed by atoms with van der Waals surface area (Å²) in [6.45, 7) is 3.56. The van der Waals surface area contributed by atoms with E-state index in [4.69, 9.17) is 0 Å². The van der Waals surface area contributed by atoms with Crippen LogP contribution in [0.2, 0.25) is 0 Å². The molecule has 1 aliphatic heterocycles. The zero-order valence-corrected chi connectivity index (χ0v) is 16.7. The average Bonchev–Trinajstić information content (AvgIpc) is 2.87. The molecule has 1 saturated carbocycles. The second-order valence-corrected chi connectivity index (χ2v) is 8.41. The van der Waals surface area contributed by atoms with E-state index in [0.717, 1.165) is 22.7 Å². The summed E-state index contributed by atoms with van der Waals surface area (Å²) < 4.78 is 0. The lowest BCUT2D eigenvalue weighted by Crippen LogP contribution is -2.51. The highest BCUT2D eigenvalue weighted by atomic mass is 32.2. The number of nitrogens with one attached hydrogen (secondary N) is 3. The predicted octanol–water partition coefficient (Wildman–Crippen LogP) is 2.27. The number of rotatable bonds is 5. The van der Waals surface area contributed by atoms with Gasteiger partial charge in [0.25, 0.3) is 5.91 Å². The molecule has 2 aliphatic rings. The van der Waals surface area contributed by atoms with Gasteiger partial charge in [-0.1, -0.05) is 6.92 Å². The molecule has 3 N–H and O–H groups in total. The Morgan fingerprint density at radius 1 is 1.21 bits per heavy atom. The molecule has 1 spiro atoms. The molecule has 1 heterocycles. The van der Waals surface area contributed by atoms with Crippen molar-refractivity contribution in [3.63, 3.8) is 0 Å². The lowest BCUT2D eigenvalue weighted by atomic mass is 9.77. The fraction of sp³-hybridized carbons (Fsp3) is 0.474. The third kappa shape index (κ3) is 4.46. The van der Waals surface area contributed by atoms with Crippen molar-refractivity contribution >= 4 is 41.2 Å². The normalized spacial score (nSPS) is 24.2. The van der Waals surface area contributed by atoms with Crippen molar-refractivity contribution in [2.45, 2.75) is 50.0 Å². The van der Waals surface area contributed by atoms with Crippen LogP contribution in [0.25, 0.3) is 0 Å². The molecule has 2 fully saturated rings. The van der Waals surface area contributed by atoms with E-state index in [1.807, 2.05) is 0 Å². The van der Waals surface area contributed by atoms with Crippen molar-refractivity contribution in [3.8, 4) is 0 Å². The summed E-state index contributed by atoms with van der Waals surface area (Å²) in [7, 11) is 0. The second kappa shape index (κ2) is 8.22. The van der Waals surface area contributed by atoms with E-state index in [2.05, 4.69) is 23.0 Å². The Labute approximate surface area is 167 Å². The standard InChI is InChI=1S/C19H24N4O4S/c1-12-7-9-19(10-8-12)17(26)23(18(27)21-19)22-16(25)11-28-15-5-3-14(4-6-15)20-13(2)24/h3-6,12H,7-11H2,1-2H3,(H,20,24)(H,21,27)(H,22,25). The third-order valence-electron chi connectivity index (χ3n) is 5.07. The summed E-state index contributed by atoms with van der Waals surface area (Å²) in [5.41, 5.74) is 2.23. The van der Waals surface area contributed by atoms with Gasteiger partial charge in [0, 0.05) is 17.5 Å². The van der Waals surface area contributed by atoms with Gasteiger partial charge in [-0.15, -0.1) is 11.8 Å². The molecule has 0 unspecified atom stereocenters. The number of benzene rings is 1. The number of carbonyl (C=O) groups excluding carboxylic acids is 4. The summed E-state index contributed by atoms with van der Waals surface area (Å²) in [5.74, 6) is -0.366. The van der Waals surface area contributed by atoms with Crippen molar-refractivity contribution in [3.05, 3.63) is 24.3 Å². The highest BCUT2D eigenvalue weighted by Crippen LogP contribution is 2.35. The van der Waals surface area contributed by atoms with Gasteiger partial charge in [-0.25, -0.2) is 4.79 Å². The van der Waals surface area contributed by atoms with Gasteiger partial charge in [-0.05, 0) is 55.9 Å². The van der Waals surface area contributed by atoms with Crippen LogP contribution in [0.5, 0.6) is 0 Å². The van der Waals surface area contributed by atoms with E-state index in [1.165, 1.54) is 18.7 Å². The molecule has 1 saturated heterocycles. The maximum atomic E-state index is 12.7. The summed E-state index contributed by atoms with van der Waals surface area (Å²) in [6, 6.07) is 6.49. The van der Waals surface area contributed by atoms with Gasteiger partial charge in [-0.2, -0.15) is 5.01 Å². The fourth-order valence-electron chi connectivity index (χ4n) is 3.46. The minimum atomic E-state index is -0.871. The van der Waals surface area contributed by atoms with E-state index in [1.54, 1.807) is 24.3 Å². The molecule has 9 heteroatoms. The van der Waals surface area contributed by atoms with Crippen molar-refractivity contribution in [2.75, 3.05) is 11.1 Å². The number of urea groups is 1. The number of imide groups is 1. The maximum absolute atomic E-state index is 12.7. The van der Waals surface area contributed by atoms with Gasteiger partial charge in [0.15, 0.2) is 0 Å². The van der Waals surface area contributed by atoms with E-state index in [-0.39, 0.29) is 17.6 Å².